The van der Waals surface area contributed by atoms with E-state index in [1.54, 1.807) is 32.4 Å². The van der Waals surface area contributed by atoms with Gasteiger partial charge in [0.1, 0.15) is 5.82 Å². The molecule has 3 aromatic rings. The average Bonchev–Trinajstić information content (AvgIpc) is 3.10. The van der Waals surface area contributed by atoms with Gasteiger partial charge in [0.15, 0.2) is 11.5 Å². The molecule has 0 fully saturated rings. The summed E-state index contributed by atoms with van der Waals surface area (Å²) in [4.78, 5) is 17.6. The zero-order chi connectivity index (χ0) is 20.1. The molecule has 1 atom stereocenters. The Bertz CT molecular complexity index is 965. The van der Waals surface area contributed by atoms with Crippen molar-refractivity contribution in [3.8, 4) is 11.5 Å². The molecule has 0 unspecified atom stereocenters. The number of carbonyl (C=O) groups excluding carboxylic acids is 1. The van der Waals surface area contributed by atoms with E-state index in [-0.39, 0.29) is 11.9 Å². The van der Waals surface area contributed by atoms with Gasteiger partial charge >= 0.3 is 0 Å². The Morgan fingerprint density at radius 3 is 2.61 bits per heavy atom. The number of hydrogen-bond donors (Lipinski definition) is 1. The summed E-state index contributed by atoms with van der Waals surface area (Å²) in [6, 6.07) is 13.0. The maximum atomic E-state index is 12.8. The van der Waals surface area contributed by atoms with Crippen LogP contribution >= 0.6 is 0 Å². The number of methoxy groups -OCH3 is 2. The molecule has 3 rings (SSSR count). The number of benzene rings is 2. The third-order valence-corrected chi connectivity index (χ3v) is 4.80. The van der Waals surface area contributed by atoms with Crippen LogP contribution < -0.4 is 14.8 Å². The highest BCUT2D eigenvalue weighted by Crippen LogP contribution is 2.28. The summed E-state index contributed by atoms with van der Waals surface area (Å²) in [5, 5.41) is 3.06. The lowest BCUT2D eigenvalue weighted by atomic mass is 10.1. The molecule has 0 aliphatic heterocycles. The molecule has 0 radical (unpaired) electrons. The van der Waals surface area contributed by atoms with Gasteiger partial charge in [0.05, 0.1) is 31.3 Å². The van der Waals surface area contributed by atoms with Gasteiger partial charge in [-0.3, -0.25) is 4.79 Å². The van der Waals surface area contributed by atoms with E-state index in [0.29, 0.717) is 17.1 Å². The Morgan fingerprint density at radius 1 is 1.14 bits per heavy atom. The van der Waals surface area contributed by atoms with Crippen LogP contribution in [-0.2, 0) is 6.54 Å². The summed E-state index contributed by atoms with van der Waals surface area (Å²) in [6.07, 6.45) is 2.15. The first-order valence-electron chi connectivity index (χ1n) is 9.57. The first kappa shape index (κ1) is 19.7. The number of hydrogen-bond acceptors (Lipinski definition) is 4. The minimum Gasteiger partial charge on any atom is -0.493 e. The van der Waals surface area contributed by atoms with Crippen LogP contribution in [0.5, 0.6) is 11.5 Å². The summed E-state index contributed by atoms with van der Waals surface area (Å²) in [5.41, 5.74) is 2.56. The quantitative estimate of drug-likeness (QED) is 0.630. The van der Waals surface area contributed by atoms with Crippen molar-refractivity contribution in [1.82, 2.24) is 14.9 Å². The van der Waals surface area contributed by atoms with Crippen molar-refractivity contribution in [1.29, 1.82) is 0 Å². The number of nitrogens with one attached hydrogen (secondary N) is 1. The number of fused-ring (bicyclic) bond motifs is 1. The van der Waals surface area contributed by atoms with Crippen LogP contribution in [-0.4, -0.2) is 29.7 Å². The van der Waals surface area contributed by atoms with Crippen LogP contribution in [0, 0.1) is 0 Å². The molecule has 1 amide bonds. The minimum absolute atomic E-state index is 0.178. The van der Waals surface area contributed by atoms with Crippen LogP contribution in [0.2, 0.25) is 0 Å². The van der Waals surface area contributed by atoms with Gasteiger partial charge < -0.3 is 19.4 Å². The normalized spacial score (nSPS) is 12.0. The predicted octanol–water partition coefficient (Wildman–Crippen LogP) is 4.34. The minimum atomic E-state index is -0.232. The van der Waals surface area contributed by atoms with Crippen molar-refractivity contribution in [2.45, 2.75) is 39.3 Å². The number of para-hydroxylation sites is 2. The average molecular weight is 381 g/mol. The van der Waals surface area contributed by atoms with E-state index in [1.807, 2.05) is 25.1 Å². The highest BCUT2D eigenvalue weighted by atomic mass is 16.5. The zero-order valence-corrected chi connectivity index (χ0v) is 16.9. The molecule has 28 heavy (non-hydrogen) atoms. The standard InChI is InChI=1S/C22H27N3O3/c1-5-6-13-25-18-10-8-7-9-17(18)24-21(25)15(2)23-22(26)16-11-12-19(27-3)20(14-16)28-4/h7-12,14-15H,5-6,13H2,1-4H3,(H,23,26)/t15-/m1/s1. The Hall–Kier alpha value is -3.02. The molecule has 2 aromatic carbocycles. The lowest BCUT2D eigenvalue weighted by Crippen LogP contribution is -2.28. The molecule has 0 saturated heterocycles. The molecule has 1 aromatic heterocycles. The van der Waals surface area contributed by atoms with E-state index in [1.165, 1.54) is 0 Å². The van der Waals surface area contributed by atoms with Crippen molar-refractivity contribution in [2.75, 3.05) is 14.2 Å². The SMILES string of the molecule is CCCCn1c([C@@H](C)NC(=O)c2ccc(OC)c(OC)c2)nc2ccccc21. The Morgan fingerprint density at radius 2 is 1.89 bits per heavy atom. The van der Waals surface area contributed by atoms with E-state index in [0.717, 1.165) is 36.2 Å². The van der Waals surface area contributed by atoms with E-state index >= 15 is 0 Å². The van der Waals surface area contributed by atoms with E-state index in [4.69, 9.17) is 14.5 Å². The van der Waals surface area contributed by atoms with E-state index in [2.05, 4.69) is 22.9 Å². The van der Waals surface area contributed by atoms with Gasteiger partial charge in [-0.2, -0.15) is 0 Å². The Kier molecular flexibility index (Phi) is 6.19. The van der Waals surface area contributed by atoms with Crippen LogP contribution in [0.1, 0.15) is 48.9 Å². The molecule has 1 heterocycles. The van der Waals surface area contributed by atoms with E-state index < -0.39 is 0 Å². The number of unbranched alkanes of at least 4 members (excludes halogenated alkanes) is 1. The fourth-order valence-electron chi connectivity index (χ4n) is 3.30. The second kappa shape index (κ2) is 8.78. The fourth-order valence-corrected chi connectivity index (χ4v) is 3.30. The van der Waals surface area contributed by atoms with Crippen molar-refractivity contribution in [3.63, 3.8) is 0 Å². The molecule has 6 heteroatoms. The molecule has 6 nitrogen and oxygen atoms in total. The van der Waals surface area contributed by atoms with Gasteiger partial charge in [-0.15, -0.1) is 0 Å². The first-order chi connectivity index (χ1) is 13.6. The summed E-state index contributed by atoms with van der Waals surface area (Å²) in [5.74, 6) is 1.80. The van der Waals surface area contributed by atoms with Gasteiger partial charge in [-0.25, -0.2) is 4.98 Å². The van der Waals surface area contributed by atoms with Gasteiger partial charge in [0.2, 0.25) is 0 Å². The maximum absolute atomic E-state index is 12.8. The molecule has 0 spiro atoms. The van der Waals surface area contributed by atoms with Crippen LogP contribution in [0.25, 0.3) is 11.0 Å². The summed E-state index contributed by atoms with van der Waals surface area (Å²) in [7, 11) is 3.12. The number of nitrogens with zero attached hydrogens (tertiary/aromatic N) is 2. The van der Waals surface area contributed by atoms with Crippen LogP contribution in [0.3, 0.4) is 0 Å². The number of aryl methyl sites for hydroxylation is 1. The molecule has 148 valence electrons. The van der Waals surface area contributed by atoms with Gasteiger partial charge in [0, 0.05) is 12.1 Å². The van der Waals surface area contributed by atoms with Crippen molar-refractivity contribution in [2.24, 2.45) is 0 Å². The third-order valence-electron chi connectivity index (χ3n) is 4.80. The number of imidazole rings is 1. The summed E-state index contributed by atoms with van der Waals surface area (Å²) >= 11 is 0. The predicted molar refractivity (Wildman–Crippen MR) is 110 cm³/mol. The second-order valence-electron chi connectivity index (χ2n) is 6.73. The van der Waals surface area contributed by atoms with Gasteiger partial charge in [-0.1, -0.05) is 25.5 Å². The Labute approximate surface area is 165 Å². The topological polar surface area (TPSA) is 65.4 Å². The van der Waals surface area contributed by atoms with Gasteiger partial charge in [-0.05, 0) is 43.7 Å². The number of aromatic nitrogens is 2. The number of amides is 1. The Balaban J connectivity index is 1.86. The van der Waals surface area contributed by atoms with Crippen molar-refractivity contribution in [3.05, 3.63) is 53.9 Å². The molecule has 0 aliphatic carbocycles. The number of carbonyl (C=O) groups is 1. The molecular formula is C22H27N3O3. The smallest absolute Gasteiger partial charge is 0.251 e. The molecule has 1 N–H and O–H groups in total. The van der Waals surface area contributed by atoms with Crippen molar-refractivity contribution < 1.29 is 14.3 Å². The van der Waals surface area contributed by atoms with Crippen LogP contribution in [0.4, 0.5) is 0 Å². The monoisotopic (exact) mass is 381 g/mol. The molecule has 0 saturated carbocycles. The molecular weight excluding hydrogens is 354 g/mol. The molecule has 0 aliphatic rings. The summed E-state index contributed by atoms with van der Waals surface area (Å²) < 4.78 is 12.7. The third kappa shape index (κ3) is 3.96. The maximum Gasteiger partial charge on any atom is 0.251 e. The van der Waals surface area contributed by atoms with Crippen LogP contribution in [0.15, 0.2) is 42.5 Å². The fraction of sp³-hybridized carbons (Fsp3) is 0.364. The number of ether oxygens (including phenoxy) is 2. The highest BCUT2D eigenvalue weighted by Gasteiger charge is 2.19. The lowest BCUT2D eigenvalue weighted by molar-refractivity contribution is 0.0937. The largest absolute Gasteiger partial charge is 0.493 e. The van der Waals surface area contributed by atoms with E-state index in [9.17, 15) is 4.79 Å². The van der Waals surface area contributed by atoms with Crippen molar-refractivity contribution >= 4 is 16.9 Å². The summed E-state index contributed by atoms with van der Waals surface area (Å²) in [6.45, 7) is 5.01. The van der Waals surface area contributed by atoms with Gasteiger partial charge in [0.25, 0.3) is 5.91 Å². The zero-order valence-electron chi connectivity index (χ0n) is 16.9. The number of rotatable bonds is 8. The first-order valence-corrected chi connectivity index (χ1v) is 9.57. The lowest BCUT2D eigenvalue weighted by Gasteiger charge is -2.17. The second-order valence-corrected chi connectivity index (χ2v) is 6.73. The highest BCUT2D eigenvalue weighted by molar-refractivity contribution is 5.95. The molecule has 0 bridgehead atoms.